The largest absolute Gasteiger partial charge is 0.328 e. The Morgan fingerprint density at radius 1 is 1.09 bits per heavy atom. The second-order valence-corrected chi connectivity index (χ2v) is 9.67. The molecule has 6 nitrogen and oxygen atoms in total. The van der Waals surface area contributed by atoms with Crippen molar-refractivity contribution in [2.45, 2.75) is 70.5 Å². The van der Waals surface area contributed by atoms with E-state index in [4.69, 9.17) is 4.98 Å². The molecule has 1 aliphatic carbocycles. The molecule has 2 fully saturated rings. The Morgan fingerprint density at radius 2 is 1.84 bits per heavy atom. The lowest BCUT2D eigenvalue weighted by Gasteiger charge is -2.38. The molecule has 7 heteroatoms. The number of aromatic amines is 1. The quantitative estimate of drug-likeness (QED) is 0.791. The summed E-state index contributed by atoms with van der Waals surface area (Å²) in [4.78, 5) is 38.2. The van der Waals surface area contributed by atoms with E-state index < -0.39 is 0 Å². The summed E-state index contributed by atoms with van der Waals surface area (Å²) in [5.41, 5.74) is 2.05. The highest BCUT2D eigenvalue weighted by molar-refractivity contribution is 5.94. The number of hydrogen-bond donors (Lipinski definition) is 1. The van der Waals surface area contributed by atoms with Crippen LogP contribution in [0.3, 0.4) is 0 Å². The highest BCUT2D eigenvalue weighted by Crippen LogP contribution is 2.33. The Kier molecular flexibility index (Phi) is 5.84. The van der Waals surface area contributed by atoms with Crippen molar-refractivity contribution in [2.24, 2.45) is 5.92 Å². The van der Waals surface area contributed by atoms with Crippen LogP contribution >= 0.6 is 0 Å². The first-order valence-corrected chi connectivity index (χ1v) is 11.9. The Balaban J connectivity index is 1.35. The standard InChI is InChI=1S/C25H31FN4O2/c1-16-4-10-19(11-5-16)29-14-12-21-20(15-29)24(31)28-23(27-21)22-3-2-13-30(22)25(32)17-6-8-18(26)9-7-17/h6-9,16,19,22H,2-5,10-15H2,1H3,(H,27,28,31)/t16?,19?,22-/m1/s1. The molecule has 1 atom stereocenters. The SMILES string of the molecule is CC1CCC(N2CCc3nc([C@H]4CCCN4C(=O)c4ccc(F)cc4)[nH]c(=O)c3C2)CC1. The lowest BCUT2D eigenvalue weighted by Crippen LogP contribution is -2.44. The number of halogens is 1. The molecule has 2 aliphatic heterocycles. The fraction of sp³-hybridized carbons (Fsp3) is 0.560. The van der Waals surface area contributed by atoms with Crippen molar-refractivity contribution in [3.63, 3.8) is 0 Å². The van der Waals surface area contributed by atoms with Gasteiger partial charge in [-0.3, -0.25) is 14.5 Å². The molecule has 3 aliphatic rings. The lowest BCUT2D eigenvalue weighted by molar-refractivity contribution is 0.0729. The lowest BCUT2D eigenvalue weighted by atomic mass is 9.86. The summed E-state index contributed by atoms with van der Waals surface area (Å²) in [5, 5.41) is 0. The van der Waals surface area contributed by atoms with Gasteiger partial charge in [-0.2, -0.15) is 0 Å². The molecule has 3 heterocycles. The predicted molar refractivity (Wildman–Crippen MR) is 120 cm³/mol. The van der Waals surface area contributed by atoms with Crippen molar-refractivity contribution in [1.82, 2.24) is 19.8 Å². The summed E-state index contributed by atoms with van der Waals surface area (Å²) < 4.78 is 13.3. The van der Waals surface area contributed by atoms with E-state index in [0.29, 0.717) is 30.5 Å². The molecule has 32 heavy (non-hydrogen) atoms. The first-order chi connectivity index (χ1) is 15.5. The maximum absolute atomic E-state index is 13.3. The van der Waals surface area contributed by atoms with Crippen molar-refractivity contribution in [3.05, 3.63) is 63.1 Å². The minimum absolute atomic E-state index is 0.0695. The molecule has 1 amide bonds. The van der Waals surface area contributed by atoms with Crippen LogP contribution in [-0.4, -0.2) is 44.8 Å². The van der Waals surface area contributed by atoms with Crippen LogP contribution in [0, 0.1) is 11.7 Å². The summed E-state index contributed by atoms with van der Waals surface area (Å²) in [7, 11) is 0. The zero-order chi connectivity index (χ0) is 22.2. The molecule has 0 spiro atoms. The van der Waals surface area contributed by atoms with Crippen LogP contribution < -0.4 is 5.56 Å². The number of aromatic nitrogens is 2. The third-order valence-electron chi connectivity index (χ3n) is 7.54. The van der Waals surface area contributed by atoms with Crippen LogP contribution in [0.15, 0.2) is 29.1 Å². The Bertz CT molecular complexity index is 1040. The molecule has 0 radical (unpaired) electrons. The van der Waals surface area contributed by atoms with E-state index in [-0.39, 0.29) is 23.3 Å². The number of nitrogens with one attached hydrogen (secondary N) is 1. The van der Waals surface area contributed by atoms with E-state index in [0.717, 1.165) is 43.0 Å². The number of carbonyl (C=O) groups excluding carboxylic acids is 1. The minimum atomic E-state index is -0.364. The molecule has 1 N–H and O–H groups in total. The summed E-state index contributed by atoms with van der Waals surface area (Å²) >= 11 is 0. The van der Waals surface area contributed by atoms with Crippen LogP contribution in [0.1, 0.15) is 78.9 Å². The molecule has 170 valence electrons. The van der Waals surface area contributed by atoms with E-state index in [1.165, 1.54) is 49.9 Å². The topological polar surface area (TPSA) is 69.3 Å². The Morgan fingerprint density at radius 3 is 2.59 bits per heavy atom. The second-order valence-electron chi connectivity index (χ2n) is 9.67. The first kappa shape index (κ1) is 21.3. The number of nitrogens with zero attached hydrogens (tertiary/aromatic N) is 3. The van der Waals surface area contributed by atoms with Crippen molar-refractivity contribution in [2.75, 3.05) is 13.1 Å². The normalized spacial score (nSPS) is 26.2. The number of likely N-dealkylation sites (tertiary alicyclic amines) is 1. The molecule has 1 aromatic carbocycles. The van der Waals surface area contributed by atoms with Gasteiger partial charge in [0.25, 0.3) is 11.5 Å². The maximum atomic E-state index is 13.3. The number of benzene rings is 1. The van der Waals surface area contributed by atoms with Gasteiger partial charge in [0.2, 0.25) is 0 Å². The van der Waals surface area contributed by atoms with Crippen molar-refractivity contribution in [3.8, 4) is 0 Å². The number of carbonyl (C=O) groups is 1. The van der Waals surface area contributed by atoms with Crippen LogP contribution in [-0.2, 0) is 13.0 Å². The van der Waals surface area contributed by atoms with Gasteiger partial charge in [0, 0.05) is 37.7 Å². The molecule has 5 rings (SSSR count). The van der Waals surface area contributed by atoms with Crippen LogP contribution in [0.5, 0.6) is 0 Å². The third-order valence-corrected chi connectivity index (χ3v) is 7.54. The molecule has 1 aromatic heterocycles. The number of amides is 1. The molecule has 2 aromatic rings. The van der Waals surface area contributed by atoms with Gasteiger partial charge < -0.3 is 9.88 Å². The van der Waals surface area contributed by atoms with E-state index in [1.807, 2.05) is 0 Å². The molecule has 0 bridgehead atoms. The van der Waals surface area contributed by atoms with E-state index in [9.17, 15) is 14.0 Å². The summed E-state index contributed by atoms with van der Waals surface area (Å²) in [6.07, 6.45) is 7.34. The minimum Gasteiger partial charge on any atom is -0.328 e. The van der Waals surface area contributed by atoms with Gasteiger partial charge in [-0.15, -0.1) is 0 Å². The fourth-order valence-corrected chi connectivity index (χ4v) is 5.59. The monoisotopic (exact) mass is 438 g/mol. The number of fused-ring (bicyclic) bond motifs is 1. The summed E-state index contributed by atoms with van der Waals surface area (Å²) in [6.45, 7) is 4.53. The molecule has 1 saturated heterocycles. The van der Waals surface area contributed by atoms with Crippen LogP contribution in [0.2, 0.25) is 0 Å². The van der Waals surface area contributed by atoms with Gasteiger partial charge in [-0.1, -0.05) is 6.92 Å². The van der Waals surface area contributed by atoms with E-state index >= 15 is 0 Å². The maximum Gasteiger partial charge on any atom is 0.255 e. The van der Waals surface area contributed by atoms with Crippen molar-refractivity contribution in [1.29, 1.82) is 0 Å². The smallest absolute Gasteiger partial charge is 0.255 e. The molecular formula is C25H31FN4O2. The first-order valence-electron chi connectivity index (χ1n) is 11.9. The number of rotatable bonds is 3. The van der Waals surface area contributed by atoms with Crippen molar-refractivity contribution < 1.29 is 9.18 Å². The van der Waals surface area contributed by atoms with Gasteiger partial charge in [0.1, 0.15) is 11.6 Å². The third kappa shape index (κ3) is 4.10. The Hall–Kier alpha value is -2.54. The predicted octanol–water partition coefficient (Wildman–Crippen LogP) is 3.82. The van der Waals surface area contributed by atoms with Crippen LogP contribution in [0.25, 0.3) is 0 Å². The Labute approximate surface area is 187 Å². The average Bonchev–Trinajstić information content (AvgIpc) is 3.29. The highest BCUT2D eigenvalue weighted by Gasteiger charge is 2.34. The number of H-pyrrole nitrogens is 1. The second kappa shape index (κ2) is 8.77. The zero-order valence-electron chi connectivity index (χ0n) is 18.6. The molecule has 0 unspecified atom stereocenters. The number of hydrogen-bond acceptors (Lipinski definition) is 4. The van der Waals surface area contributed by atoms with Gasteiger partial charge in [-0.25, -0.2) is 9.37 Å². The highest BCUT2D eigenvalue weighted by atomic mass is 19.1. The fourth-order valence-electron chi connectivity index (χ4n) is 5.59. The van der Waals surface area contributed by atoms with E-state index in [1.54, 1.807) is 4.90 Å². The van der Waals surface area contributed by atoms with Gasteiger partial charge >= 0.3 is 0 Å². The average molecular weight is 439 g/mol. The van der Waals surface area contributed by atoms with Gasteiger partial charge in [0.05, 0.1) is 17.3 Å². The van der Waals surface area contributed by atoms with Gasteiger partial charge in [0.15, 0.2) is 0 Å². The van der Waals surface area contributed by atoms with E-state index in [2.05, 4.69) is 16.8 Å². The zero-order valence-corrected chi connectivity index (χ0v) is 18.6. The summed E-state index contributed by atoms with van der Waals surface area (Å²) in [6, 6.07) is 5.94. The molecular weight excluding hydrogens is 407 g/mol. The molecule has 1 saturated carbocycles. The van der Waals surface area contributed by atoms with Crippen molar-refractivity contribution >= 4 is 5.91 Å². The van der Waals surface area contributed by atoms with Gasteiger partial charge in [-0.05, 0) is 68.7 Å². The summed E-state index contributed by atoms with van der Waals surface area (Å²) in [5.74, 6) is 0.882. The van der Waals surface area contributed by atoms with Crippen LogP contribution in [0.4, 0.5) is 4.39 Å².